The van der Waals surface area contributed by atoms with Crippen LogP contribution in [0.5, 0.6) is 0 Å². The molecule has 4 N–H and O–H groups in total. The first-order valence-corrected chi connectivity index (χ1v) is 3.60. The largest absolute Gasteiger partial charge is 0.395 e. The van der Waals surface area contributed by atoms with E-state index in [1.54, 1.807) is 0 Å². The highest BCUT2D eigenvalue weighted by Gasteiger charge is 2.08. The Kier molecular flexibility index (Phi) is 5.38. The summed E-state index contributed by atoms with van der Waals surface area (Å²) in [4.78, 5) is 10.7. The SMILES string of the molecule is N[C@@H](CS)C(=O)NCCO. The molecule has 0 aliphatic carbocycles. The minimum atomic E-state index is -0.574. The van der Waals surface area contributed by atoms with Crippen LogP contribution in [0.25, 0.3) is 0 Å². The van der Waals surface area contributed by atoms with Gasteiger partial charge in [0.2, 0.25) is 5.91 Å². The van der Waals surface area contributed by atoms with Crippen molar-refractivity contribution in [3.8, 4) is 0 Å². The molecule has 0 radical (unpaired) electrons. The molecule has 0 rings (SSSR count). The minimum Gasteiger partial charge on any atom is -0.395 e. The van der Waals surface area contributed by atoms with E-state index in [2.05, 4.69) is 17.9 Å². The molecular formula is C5H12N2O2S. The molecule has 0 aliphatic heterocycles. The second-order valence-corrected chi connectivity index (χ2v) is 2.17. The van der Waals surface area contributed by atoms with E-state index in [0.29, 0.717) is 5.75 Å². The van der Waals surface area contributed by atoms with E-state index in [0.717, 1.165) is 0 Å². The number of hydrogen-bond acceptors (Lipinski definition) is 4. The second kappa shape index (κ2) is 5.52. The molecule has 5 heteroatoms. The van der Waals surface area contributed by atoms with Crippen LogP contribution < -0.4 is 11.1 Å². The fraction of sp³-hybridized carbons (Fsp3) is 0.800. The van der Waals surface area contributed by atoms with Crippen molar-refractivity contribution in [1.29, 1.82) is 0 Å². The smallest absolute Gasteiger partial charge is 0.237 e. The van der Waals surface area contributed by atoms with Gasteiger partial charge in [-0.25, -0.2) is 0 Å². The molecule has 0 aromatic carbocycles. The number of aliphatic hydroxyl groups is 1. The van der Waals surface area contributed by atoms with Gasteiger partial charge in [-0.3, -0.25) is 4.79 Å². The Morgan fingerprint density at radius 1 is 1.80 bits per heavy atom. The van der Waals surface area contributed by atoms with Crippen molar-refractivity contribution in [2.75, 3.05) is 18.9 Å². The third kappa shape index (κ3) is 3.71. The highest BCUT2D eigenvalue weighted by atomic mass is 32.1. The topological polar surface area (TPSA) is 75.4 Å². The zero-order valence-electron chi connectivity index (χ0n) is 5.58. The van der Waals surface area contributed by atoms with Gasteiger partial charge < -0.3 is 16.2 Å². The molecule has 0 saturated carbocycles. The lowest BCUT2D eigenvalue weighted by Crippen LogP contribution is -2.42. The van der Waals surface area contributed by atoms with Crippen LogP contribution >= 0.6 is 12.6 Å². The second-order valence-electron chi connectivity index (χ2n) is 1.80. The summed E-state index contributed by atoms with van der Waals surface area (Å²) in [5.74, 6) is 0.0427. The van der Waals surface area contributed by atoms with Crippen molar-refractivity contribution in [2.45, 2.75) is 6.04 Å². The molecule has 0 unspecified atom stereocenters. The normalized spacial score (nSPS) is 12.7. The summed E-state index contributed by atoms with van der Waals surface area (Å²) in [6.45, 7) is 0.186. The van der Waals surface area contributed by atoms with Gasteiger partial charge in [0.15, 0.2) is 0 Å². The molecule has 4 nitrogen and oxygen atoms in total. The molecule has 0 spiro atoms. The Balaban J connectivity index is 3.42. The lowest BCUT2D eigenvalue weighted by atomic mass is 10.3. The van der Waals surface area contributed by atoms with Crippen molar-refractivity contribution in [1.82, 2.24) is 5.32 Å². The molecule has 0 bridgehead atoms. The average Bonchev–Trinajstić information content (AvgIpc) is 1.98. The van der Waals surface area contributed by atoms with Crippen LogP contribution in [0.4, 0.5) is 0 Å². The molecular weight excluding hydrogens is 152 g/mol. The zero-order valence-corrected chi connectivity index (χ0v) is 6.47. The van der Waals surface area contributed by atoms with Crippen molar-refractivity contribution in [3.63, 3.8) is 0 Å². The highest BCUT2D eigenvalue weighted by Crippen LogP contribution is 1.81. The van der Waals surface area contributed by atoms with Gasteiger partial charge in [-0.2, -0.15) is 12.6 Å². The minimum absolute atomic E-state index is 0.0645. The van der Waals surface area contributed by atoms with E-state index >= 15 is 0 Å². The van der Waals surface area contributed by atoms with Crippen LogP contribution in [0.1, 0.15) is 0 Å². The predicted molar refractivity (Wildman–Crippen MR) is 41.9 cm³/mol. The standard InChI is InChI=1S/C5H12N2O2S/c6-4(3-10)5(9)7-1-2-8/h4,8,10H,1-3,6H2,(H,7,9)/t4-/m0/s1. The number of carbonyl (C=O) groups is 1. The number of hydrogen-bond donors (Lipinski definition) is 4. The van der Waals surface area contributed by atoms with Crippen LogP contribution in [0, 0.1) is 0 Å². The van der Waals surface area contributed by atoms with Crippen LogP contribution in [-0.2, 0) is 4.79 Å². The summed E-state index contributed by atoms with van der Waals surface area (Å²) in [5.41, 5.74) is 5.29. The van der Waals surface area contributed by atoms with E-state index < -0.39 is 6.04 Å². The van der Waals surface area contributed by atoms with E-state index in [4.69, 9.17) is 10.8 Å². The predicted octanol–water partition coefficient (Wildman–Crippen LogP) is -1.65. The van der Waals surface area contributed by atoms with Gasteiger partial charge in [-0.1, -0.05) is 0 Å². The Labute approximate surface area is 65.2 Å². The van der Waals surface area contributed by atoms with Gasteiger partial charge in [0.05, 0.1) is 12.6 Å². The van der Waals surface area contributed by atoms with Gasteiger partial charge in [-0.05, 0) is 0 Å². The number of thiol groups is 1. The summed E-state index contributed by atoms with van der Waals surface area (Å²) in [7, 11) is 0. The molecule has 1 atom stereocenters. The van der Waals surface area contributed by atoms with E-state index in [1.807, 2.05) is 0 Å². The maximum atomic E-state index is 10.7. The lowest BCUT2D eigenvalue weighted by molar-refractivity contribution is -0.122. The van der Waals surface area contributed by atoms with Gasteiger partial charge in [0.1, 0.15) is 0 Å². The maximum Gasteiger partial charge on any atom is 0.237 e. The first-order chi connectivity index (χ1) is 4.72. The van der Waals surface area contributed by atoms with E-state index in [1.165, 1.54) is 0 Å². The van der Waals surface area contributed by atoms with Gasteiger partial charge >= 0.3 is 0 Å². The number of nitrogens with two attached hydrogens (primary N) is 1. The first kappa shape index (κ1) is 9.74. The van der Waals surface area contributed by atoms with Crippen LogP contribution in [-0.4, -0.2) is 36.0 Å². The van der Waals surface area contributed by atoms with Crippen LogP contribution in [0.2, 0.25) is 0 Å². The molecule has 0 fully saturated rings. The highest BCUT2D eigenvalue weighted by molar-refractivity contribution is 7.80. The summed E-state index contributed by atoms with van der Waals surface area (Å²) < 4.78 is 0. The zero-order chi connectivity index (χ0) is 7.98. The number of aliphatic hydroxyl groups excluding tert-OH is 1. The summed E-state index contributed by atoms with van der Waals surface area (Å²) in [5, 5.41) is 10.7. The van der Waals surface area contributed by atoms with E-state index in [-0.39, 0.29) is 19.1 Å². The fourth-order valence-electron chi connectivity index (χ4n) is 0.393. The Morgan fingerprint density at radius 2 is 2.40 bits per heavy atom. The lowest BCUT2D eigenvalue weighted by Gasteiger charge is -2.07. The summed E-state index contributed by atoms with van der Waals surface area (Å²) >= 11 is 3.83. The first-order valence-electron chi connectivity index (χ1n) is 2.97. The fourth-order valence-corrected chi connectivity index (χ4v) is 0.559. The quantitative estimate of drug-likeness (QED) is 0.376. The van der Waals surface area contributed by atoms with Gasteiger partial charge in [0.25, 0.3) is 0 Å². The third-order valence-corrected chi connectivity index (χ3v) is 1.34. The average molecular weight is 164 g/mol. The Morgan fingerprint density at radius 3 is 2.80 bits per heavy atom. The van der Waals surface area contributed by atoms with Crippen LogP contribution in [0.15, 0.2) is 0 Å². The molecule has 0 saturated heterocycles. The number of amides is 1. The molecule has 0 aliphatic rings. The Hall–Kier alpha value is -0.260. The molecule has 0 aromatic heterocycles. The molecule has 60 valence electrons. The number of nitrogens with one attached hydrogen (secondary N) is 1. The molecule has 10 heavy (non-hydrogen) atoms. The molecule has 0 aromatic rings. The Bertz CT molecular complexity index is 110. The van der Waals surface area contributed by atoms with Crippen molar-refractivity contribution in [3.05, 3.63) is 0 Å². The summed E-state index contributed by atoms with van der Waals surface area (Å²) in [6, 6.07) is -0.574. The van der Waals surface area contributed by atoms with E-state index in [9.17, 15) is 4.79 Å². The summed E-state index contributed by atoms with van der Waals surface area (Å²) in [6.07, 6.45) is 0. The van der Waals surface area contributed by atoms with Crippen molar-refractivity contribution in [2.24, 2.45) is 5.73 Å². The number of rotatable bonds is 4. The van der Waals surface area contributed by atoms with Gasteiger partial charge in [-0.15, -0.1) is 0 Å². The molecule has 0 heterocycles. The van der Waals surface area contributed by atoms with Gasteiger partial charge in [0, 0.05) is 12.3 Å². The van der Waals surface area contributed by atoms with Crippen molar-refractivity contribution < 1.29 is 9.90 Å². The number of carbonyl (C=O) groups excluding carboxylic acids is 1. The van der Waals surface area contributed by atoms with Crippen molar-refractivity contribution >= 4 is 18.5 Å². The monoisotopic (exact) mass is 164 g/mol. The maximum absolute atomic E-state index is 10.7. The third-order valence-electron chi connectivity index (χ3n) is 0.945. The molecule has 1 amide bonds. The van der Waals surface area contributed by atoms with Crippen LogP contribution in [0.3, 0.4) is 0 Å².